The maximum absolute atomic E-state index is 4.40. The van der Waals surface area contributed by atoms with E-state index in [1.54, 1.807) is 11.3 Å². The molecule has 0 aromatic carbocycles. The summed E-state index contributed by atoms with van der Waals surface area (Å²) in [5.41, 5.74) is 2.51. The van der Waals surface area contributed by atoms with Crippen LogP contribution in [0.4, 0.5) is 0 Å². The smallest absolute Gasteiger partial charge is 0.0731 e. The standard InChI is InChI=1S/C13H18BrN3S/c1-4-5-17-8-10(7-16-17)12(15-3)11-6-9(2)13(14)18-11/h6-8,12,15H,4-5H2,1-3H3. The molecule has 0 aliphatic carbocycles. The zero-order valence-electron chi connectivity index (χ0n) is 10.9. The summed E-state index contributed by atoms with van der Waals surface area (Å²) in [7, 11) is 1.99. The van der Waals surface area contributed by atoms with E-state index in [0.29, 0.717) is 0 Å². The Hall–Kier alpha value is -0.650. The quantitative estimate of drug-likeness (QED) is 0.906. The van der Waals surface area contributed by atoms with Crippen molar-refractivity contribution >= 4 is 27.3 Å². The highest BCUT2D eigenvalue weighted by molar-refractivity contribution is 9.11. The van der Waals surface area contributed by atoms with Crippen LogP contribution in [0, 0.1) is 6.92 Å². The normalized spacial score (nSPS) is 12.9. The molecule has 2 aromatic rings. The lowest BCUT2D eigenvalue weighted by atomic mass is 10.1. The first-order valence-electron chi connectivity index (χ1n) is 6.11. The van der Waals surface area contributed by atoms with Gasteiger partial charge in [-0.05, 0) is 48.0 Å². The zero-order valence-corrected chi connectivity index (χ0v) is 13.3. The van der Waals surface area contributed by atoms with E-state index in [9.17, 15) is 0 Å². The number of rotatable bonds is 5. The minimum absolute atomic E-state index is 0.227. The number of nitrogens with zero attached hydrogens (tertiary/aromatic N) is 2. The summed E-state index contributed by atoms with van der Waals surface area (Å²) in [6, 6.07) is 2.46. The molecule has 98 valence electrons. The summed E-state index contributed by atoms with van der Waals surface area (Å²) in [5, 5.41) is 7.77. The number of aryl methyl sites for hydroxylation is 2. The molecule has 3 nitrogen and oxygen atoms in total. The highest BCUT2D eigenvalue weighted by atomic mass is 79.9. The molecule has 0 aliphatic rings. The van der Waals surface area contributed by atoms with E-state index in [1.807, 2.05) is 17.9 Å². The van der Waals surface area contributed by atoms with Crippen LogP contribution >= 0.6 is 27.3 Å². The number of nitrogens with one attached hydrogen (secondary N) is 1. The van der Waals surface area contributed by atoms with E-state index < -0.39 is 0 Å². The van der Waals surface area contributed by atoms with Crippen LogP contribution in [0.3, 0.4) is 0 Å². The second kappa shape index (κ2) is 5.99. The fourth-order valence-electron chi connectivity index (χ4n) is 1.98. The first kappa shape index (κ1) is 13.8. The number of hydrogen-bond acceptors (Lipinski definition) is 3. The molecule has 0 radical (unpaired) electrons. The van der Waals surface area contributed by atoms with Crippen LogP contribution in [0.15, 0.2) is 22.2 Å². The van der Waals surface area contributed by atoms with Gasteiger partial charge in [-0.3, -0.25) is 4.68 Å². The zero-order chi connectivity index (χ0) is 13.1. The number of thiophene rings is 1. The van der Waals surface area contributed by atoms with Gasteiger partial charge in [0.2, 0.25) is 0 Å². The second-order valence-corrected chi connectivity index (χ2v) is 6.77. The van der Waals surface area contributed by atoms with Crippen molar-refractivity contribution in [1.82, 2.24) is 15.1 Å². The van der Waals surface area contributed by atoms with Crippen molar-refractivity contribution in [3.8, 4) is 0 Å². The molecule has 2 heterocycles. The average molecular weight is 328 g/mol. The molecule has 0 saturated heterocycles. The van der Waals surface area contributed by atoms with Gasteiger partial charge in [0.1, 0.15) is 0 Å². The highest BCUT2D eigenvalue weighted by Gasteiger charge is 2.17. The van der Waals surface area contributed by atoms with Crippen LogP contribution in [0.25, 0.3) is 0 Å². The third kappa shape index (κ3) is 2.84. The van der Waals surface area contributed by atoms with E-state index >= 15 is 0 Å². The van der Waals surface area contributed by atoms with Crippen LogP contribution in [-0.2, 0) is 6.54 Å². The van der Waals surface area contributed by atoms with Gasteiger partial charge in [0.15, 0.2) is 0 Å². The van der Waals surface area contributed by atoms with Crippen molar-refractivity contribution in [2.45, 2.75) is 32.9 Å². The Morgan fingerprint density at radius 2 is 2.33 bits per heavy atom. The van der Waals surface area contributed by atoms with E-state index in [4.69, 9.17) is 0 Å². The maximum Gasteiger partial charge on any atom is 0.0731 e. The van der Waals surface area contributed by atoms with Crippen molar-refractivity contribution in [2.75, 3.05) is 7.05 Å². The Bertz CT molecular complexity index is 499. The van der Waals surface area contributed by atoms with Crippen LogP contribution in [0.2, 0.25) is 0 Å². The molecular weight excluding hydrogens is 310 g/mol. The number of hydrogen-bond donors (Lipinski definition) is 1. The third-order valence-corrected chi connectivity index (χ3v) is 5.09. The Labute approximate surface area is 120 Å². The van der Waals surface area contributed by atoms with Gasteiger partial charge in [0.25, 0.3) is 0 Å². The highest BCUT2D eigenvalue weighted by Crippen LogP contribution is 2.34. The van der Waals surface area contributed by atoms with Crippen LogP contribution in [-0.4, -0.2) is 16.8 Å². The van der Waals surface area contributed by atoms with Crippen molar-refractivity contribution in [1.29, 1.82) is 0 Å². The van der Waals surface area contributed by atoms with Crippen LogP contribution in [0.5, 0.6) is 0 Å². The lowest BCUT2D eigenvalue weighted by Crippen LogP contribution is -2.15. The fraction of sp³-hybridized carbons (Fsp3) is 0.462. The SMILES string of the molecule is CCCn1cc(C(NC)c2cc(C)c(Br)s2)cn1. The maximum atomic E-state index is 4.40. The van der Waals surface area contributed by atoms with E-state index in [-0.39, 0.29) is 6.04 Å². The Balaban J connectivity index is 2.26. The van der Waals surface area contributed by atoms with Gasteiger partial charge >= 0.3 is 0 Å². The molecule has 1 N–H and O–H groups in total. The van der Waals surface area contributed by atoms with Gasteiger partial charge < -0.3 is 5.32 Å². The third-order valence-electron chi connectivity index (χ3n) is 2.89. The molecule has 0 amide bonds. The molecule has 18 heavy (non-hydrogen) atoms. The summed E-state index contributed by atoms with van der Waals surface area (Å²) in [4.78, 5) is 1.32. The van der Waals surface area contributed by atoms with Gasteiger partial charge in [0.05, 0.1) is 16.0 Å². The molecule has 0 saturated carbocycles. The van der Waals surface area contributed by atoms with Gasteiger partial charge in [-0.2, -0.15) is 5.10 Å². The van der Waals surface area contributed by atoms with Gasteiger partial charge in [0, 0.05) is 23.2 Å². The van der Waals surface area contributed by atoms with Gasteiger partial charge in [-0.15, -0.1) is 11.3 Å². The molecule has 0 bridgehead atoms. The molecule has 1 unspecified atom stereocenters. The van der Waals surface area contributed by atoms with Crippen molar-refractivity contribution in [3.05, 3.63) is 38.3 Å². The lowest BCUT2D eigenvalue weighted by molar-refractivity contribution is 0.600. The summed E-state index contributed by atoms with van der Waals surface area (Å²) < 4.78 is 3.22. The Morgan fingerprint density at radius 3 is 2.89 bits per heavy atom. The molecule has 2 rings (SSSR count). The van der Waals surface area contributed by atoms with E-state index in [2.05, 4.69) is 52.5 Å². The summed E-state index contributed by atoms with van der Waals surface area (Å²) in [5.74, 6) is 0. The van der Waals surface area contributed by atoms with Crippen LogP contribution in [0.1, 0.15) is 35.4 Å². The van der Waals surface area contributed by atoms with Crippen molar-refractivity contribution < 1.29 is 0 Å². The summed E-state index contributed by atoms with van der Waals surface area (Å²) >= 11 is 5.37. The molecular formula is C13H18BrN3S. The van der Waals surface area contributed by atoms with E-state index in [1.165, 1.54) is 19.8 Å². The number of halogens is 1. The first-order chi connectivity index (χ1) is 8.65. The average Bonchev–Trinajstić information content (AvgIpc) is 2.90. The van der Waals surface area contributed by atoms with Crippen LogP contribution < -0.4 is 5.32 Å². The Kier molecular flexibility index (Phi) is 4.59. The molecule has 0 aliphatic heterocycles. The van der Waals surface area contributed by atoms with E-state index in [0.717, 1.165) is 13.0 Å². The second-order valence-electron chi connectivity index (χ2n) is 4.36. The molecule has 1 atom stereocenters. The minimum Gasteiger partial charge on any atom is -0.309 e. The summed E-state index contributed by atoms with van der Waals surface area (Å²) in [6.07, 6.45) is 5.20. The van der Waals surface area contributed by atoms with Crippen molar-refractivity contribution in [3.63, 3.8) is 0 Å². The predicted octanol–water partition coefficient (Wildman–Crippen LogP) is 3.73. The molecule has 0 spiro atoms. The molecule has 0 fully saturated rings. The monoisotopic (exact) mass is 327 g/mol. The molecule has 5 heteroatoms. The topological polar surface area (TPSA) is 29.9 Å². The molecule has 2 aromatic heterocycles. The predicted molar refractivity (Wildman–Crippen MR) is 80.2 cm³/mol. The van der Waals surface area contributed by atoms with Gasteiger partial charge in [-0.25, -0.2) is 0 Å². The Morgan fingerprint density at radius 1 is 1.56 bits per heavy atom. The summed E-state index contributed by atoms with van der Waals surface area (Å²) in [6.45, 7) is 5.26. The fourth-order valence-corrected chi connectivity index (χ4v) is 3.69. The van der Waals surface area contributed by atoms with Crippen molar-refractivity contribution in [2.24, 2.45) is 0 Å². The van der Waals surface area contributed by atoms with Gasteiger partial charge in [-0.1, -0.05) is 6.92 Å². The largest absolute Gasteiger partial charge is 0.309 e. The first-order valence-corrected chi connectivity index (χ1v) is 7.72. The lowest BCUT2D eigenvalue weighted by Gasteiger charge is -2.12. The minimum atomic E-state index is 0.227. The number of aromatic nitrogens is 2.